The molecule has 0 radical (unpaired) electrons. The molecule has 8 heteroatoms. The number of phenolic OH excluding ortho intramolecular Hbond substituents is 1. The zero-order chi connectivity index (χ0) is 24.7. The van der Waals surface area contributed by atoms with Crippen molar-refractivity contribution in [2.45, 2.75) is 24.9 Å². The molecular formula is C27H30N4O4. The number of amides is 2. The molecule has 2 aliphatic rings. The summed E-state index contributed by atoms with van der Waals surface area (Å²) in [6, 6.07) is 12.2. The van der Waals surface area contributed by atoms with E-state index in [4.69, 9.17) is 4.74 Å². The molecule has 1 saturated heterocycles. The fraction of sp³-hybridized carbons (Fsp3) is 0.333. The van der Waals surface area contributed by atoms with Crippen molar-refractivity contribution in [2.24, 2.45) is 0 Å². The summed E-state index contributed by atoms with van der Waals surface area (Å²) in [6.07, 6.45) is 2.14. The number of aromatic nitrogens is 1. The fourth-order valence-corrected chi connectivity index (χ4v) is 5.50. The number of carbonyl (C=O) groups is 2. The maximum absolute atomic E-state index is 13.9. The number of nitrogens with one attached hydrogen (secondary N) is 2. The Morgan fingerprint density at radius 3 is 2.86 bits per heavy atom. The third-order valence-electron chi connectivity index (χ3n) is 7.11. The zero-order valence-corrected chi connectivity index (χ0v) is 20.0. The largest absolute Gasteiger partial charge is 0.508 e. The van der Waals surface area contributed by atoms with Gasteiger partial charge in [-0.15, -0.1) is 6.58 Å². The van der Waals surface area contributed by atoms with Crippen molar-refractivity contribution in [1.82, 2.24) is 20.1 Å². The van der Waals surface area contributed by atoms with Gasteiger partial charge >= 0.3 is 0 Å². The van der Waals surface area contributed by atoms with Crippen LogP contribution in [0.4, 0.5) is 0 Å². The Bertz CT molecular complexity index is 1320. The van der Waals surface area contributed by atoms with Gasteiger partial charge in [-0.2, -0.15) is 0 Å². The fourth-order valence-electron chi connectivity index (χ4n) is 5.50. The highest BCUT2D eigenvalue weighted by Gasteiger charge is 2.55. The number of aromatic amines is 1. The van der Waals surface area contributed by atoms with Crippen molar-refractivity contribution in [2.75, 3.05) is 33.3 Å². The van der Waals surface area contributed by atoms with Crippen LogP contribution in [0.15, 0.2) is 55.1 Å². The molecule has 3 aromatic rings. The first kappa shape index (κ1) is 23.0. The van der Waals surface area contributed by atoms with Crippen LogP contribution in [0.1, 0.15) is 29.8 Å². The molecule has 5 rings (SSSR count). The van der Waals surface area contributed by atoms with Crippen molar-refractivity contribution < 1.29 is 19.4 Å². The second-order valence-corrected chi connectivity index (χ2v) is 9.36. The molecule has 2 aromatic carbocycles. The van der Waals surface area contributed by atoms with Crippen molar-refractivity contribution in [3.8, 4) is 11.5 Å². The number of piperazine rings is 1. The number of ether oxygens (including phenoxy) is 1. The molecule has 0 saturated carbocycles. The first-order valence-electron chi connectivity index (χ1n) is 11.8. The molecule has 8 nitrogen and oxygen atoms in total. The van der Waals surface area contributed by atoms with E-state index in [1.807, 2.05) is 31.2 Å². The van der Waals surface area contributed by atoms with Crippen LogP contribution >= 0.6 is 0 Å². The number of nitrogens with zero attached hydrogens (tertiary/aromatic N) is 2. The molecule has 3 N–H and O–H groups in total. The summed E-state index contributed by atoms with van der Waals surface area (Å²) in [4.78, 5) is 34.5. The first-order valence-corrected chi connectivity index (χ1v) is 11.8. The lowest BCUT2D eigenvalue weighted by molar-refractivity contribution is -0.167. The normalized spacial score (nSPS) is 21.7. The van der Waals surface area contributed by atoms with Crippen LogP contribution in [0.5, 0.6) is 11.5 Å². The number of rotatable bonds is 7. The minimum absolute atomic E-state index is 0.0168. The van der Waals surface area contributed by atoms with Crippen LogP contribution in [0.25, 0.3) is 10.9 Å². The van der Waals surface area contributed by atoms with Crippen LogP contribution in [0, 0.1) is 0 Å². The van der Waals surface area contributed by atoms with Crippen LogP contribution in [-0.2, 0) is 16.0 Å². The predicted molar refractivity (Wildman–Crippen MR) is 133 cm³/mol. The molecule has 35 heavy (non-hydrogen) atoms. The van der Waals surface area contributed by atoms with Crippen LogP contribution in [0.2, 0.25) is 0 Å². The maximum Gasteiger partial charge on any atom is 0.249 e. The van der Waals surface area contributed by atoms with Crippen LogP contribution in [0.3, 0.4) is 0 Å². The van der Waals surface area contributed by atoms with E-state index in [2.05, 4.69) is 16.9 Å². The summed E-state index contributed by atoms with van der Waals surface area (Å²) in [5.41, 5.74) is 2.43. The Labute approximate surface area is 204 Å². The van der Waals surface area contributed by atoms with Gasteiger partial charge in [0, 0.05) is 42.7 Å². The van der Waals surface area contributed by atoms with Gasteiger partial charge in [0.1, 0.15) is 17.0 Å². The summed E-state index contributed by atoms with van der Waals surface area (Å²) >= 11 is 0. The number of hydrogen-bond donors (Lipinski definition) is 3. The van der Waals surface area contributed by atoms with Gasteiger partial charge in [0.25, 0.3) is 0 Å². The van der Waals surface area contributed by atoms with E-state index in [1.54, 1.807) is 41.2 Å². The van der Waals surface area contributed by atoms with E-state index in [0.29, 0.717) is 26.1 Å². The molecule has 2 amide bonds. The Morgan fingerprint density at radius 2 is 2.11 bits per heavy atom. The third-order valence-corrected chi connectivity index (χ3v) is 7.11. The van der Waals surface area contributed by atoms with Crippen molar-refractivity contribution in [1.29, 1.82) is 0 Å². The standard InChI is InChI=1S/C27H30N4O4/c1-4-10-28-11-12-30-16-23(33)31-25(17-6-5-7-18(32)13-17)24-21(15-27(31,2)26(30)34)20-14-19(35-3)8-9-22(20)29-24/h4-9,13-14,25,28-29,32H,1,10-12,15-16H2,2-3H3/t25-,27+/m1/s1. The number of fused-ring (bicyclic) bond motifs is 4. The lowest BCUT2D eigenvalue weighted by atomic mass is 9.78. The highest BCUT2D eigenvalue weighted by Crippen LogP contribution is 2.47. The molecule has 0 aliphatic carbocycles. The van der Waals surface area contributed by atoms with Gasteiger partial charge in [0.05, 0.1) is 19.7 Å². The Morgan fingerprint density at radius 1 is 1.29 bits per heavy atom. The summed E-state index contributed by atoms with van der Waals surface area (Å²) in [7, 11) is 1.63. The molecule has 182 valence electrons. The second-order valence-electron chi connectivity index (χ2n) is 9.36. The molecule has 3 heterocycles. The van der Waals surface area contributed by atoms with Crippen LogP contribution in [-0.4, -0.2) is 70.5 Å². The van der Waals surface area contributed by atoms with Gasteiger partial charge in [-0.25, -0.2) is 0 Å². The second kappa shape index (κ2) is 8.78. The molecule has 2 atom stereocenters. The van der Waals surface area contributed by atoms with Gasteiger partial charge < -0.3 is 29.9 Å². The molecule has 1 fully saturated rings. The SMILES string of the molecule is C=CCNCCN1CC(=O)N2[C@H](c3cccc(O)c3)c3[nH]c4ccc(OC)cc4c3C[C@@]2(C)C1=O. The van der Waals surface area contributed by atoms with E-state index in [1.165, 1.54) is 0 Å². The monoisotopic (exact) mass is 474 g/mol. The first-order chi connectivity index (χ1) is 16.9. The summed E-state index contributed by atoms with van der Waals surface area (Å²) < 4.78 is 5.46. The molecule has 1 aromatic heterocycles. The van der Waals surface area contributed by atoms with E-state index < -0.39 is 11.6 Å². The minimum Gasteiger partial charge on any atom is -0.508 e. The summed E-state index contributed by atoms with van der Waals surface area (Å²) in [5, 5.41) is 14.4. The Kier molecular flexibility index (Phi) is 5.76. The average Bonchev–Trinajstić information content (AvgIpc) is 3.20. The van der Waals surface area contributed by atoms with Crippen molar-refractivity contribution in [3.05, 3.63) is 71.9 Å². The number of aromatic hydroxyl groups is 1. The molecule has 0 unspecified atom stereocenters. The Balaban J connectivity index is 1.65. The third kappa shape index (κ3) is 3.74. The van der Waals surface area contributed by atoms with Gasteiger partial charge in [0.2, 0.25) is 11.8 Å². The minimum atomic E-state index is -1.07. The molecular weight excluding hydrogens is 444 g/mol. The number of methoxy groups -OCH3 is 1. The number of carbonyl (C=O) groups excluding carboxylic acids is 2. The van der Waals surface area contributed by atoms with E-state index in [0.717, 1.165) is 33.5 Å². The molecule has 0 bridgehead atoms. The average molecular weight is 475 g/mol. The van der Waals surface area contributed by atoms with Gasteiger partial charge in [-0.3, -0.25) is 9.59 Å². The Hall–Kier alpha value is -3.78. The topological polar surface area (TPSA) is 97.9 Å². The maximum atomic E-state index is 13.9. The van der Waals surface area contributed by atoms with Gasteiger partial charge in [-0.05, 0) is 48.4 Å². The smallest absolute Gasteiger partial charge is 0.249 e. The summed E-state index contributed by atoms with van der Waals surface area (Å²) in [5.74, 6) is 0.637. The number of phenols is 1. The van der Waals surface area contributed by atoms with E-state index in [9.17, 15) is 14.7 Å². The zero-order valence-electron chi connectivity index (χ0n) is 20.0. The van der Waals surface area contributed by atoms with Crippen LogP contribution < -0.4 is 10.1 Å². The number of hydrogen-bond acceptors (Lipinski definition) is 5. The molecule has 2 aliphatic heterocycles. The van der Waals surface area contributed by atoms with Crippen molar-refractivity contribution >= 4 is 22.7 Å². The quantitative estimate of drug-likeness (QED) is 0.361. The predicted octanol–water partition coefficient (Wildman–Crippen LogP) is 2.73. The van der Waals surface area contributed by atoms with E-state index in [-0.39, 0.29) is 24.1 Å². The highest BCUT2D eigenvalue weighted by molar-refractivity contribution is 6.00. The lowest BCUT2D eigenvalue weighted by Crippen LogP contribution is -2.70. The van der Waals surface area contributed by atoms with E-state index >= 15 is 0 Å². The van der Waals surface area contributed by atoms with Gasteiger partial charge in [-0.1, -0.05) is 18.2 Å². The summed E-state index contributed by atoms with van der Waals surface area (Å²) in [6.45, 7) is 7.22. The van der Waals surface area contributed by atoms with Gasteiger partial charge in [0.15, 0.2) is 0 Å². The number of H-pyrrole nitrogens is 1. The molecule has 0 spiro atoms. The highest BCUT2D eigenvalue weighted by atomic mass is 16.5. The lowest BCUT2D eigenvalue weighted by Gasteiger charge is -2.53. The van der Waals surface area contributed by atoms with Crippen molar-refractivity contribution in [3.63, 3.8) is 0 Å². The number of benzene rings is 2.